The summed E-state index contributed by atoms with van der Waals surface area (Å²) in [5.74, 6) is -0.956. The van der Waals surface area contributed by atoms with Crippen LogP contribution >= 0.6 is 11.3 Å². The number of carbonyl (C=O) groups is 2. The number of thiazole rings is 1. The Bertz CT molecular complexity index is 363. The number of hydrogen-bond acceptors (Lipinski definition) is 5. The van der Waals surface area contributed by atoms with Gasteiger partial charge in [-0.3, -0.25) is 10.1 Å². The molecule has 0 aromatic carbocycles. The molecule has 1 aromatic rings. The fourth-order valence-corrected chi connectivity index (χ4v) is 1.55. The maximum Gasteiger partial charge on any atom is 0.413 e. The Kier molecular flexibility index (Phi) is 4.04. The van der Waals surface area contributed by atoms with Gasteiger partial charge in [-0.15, -0.1) is 11.3 Å². The molecule has 0 aliphatic heterocycles. The molecule has 1 amide bonds. The number of anilines is 1. The topological polar surface area (TPSA) is 88.5 Å². The van der Waals surface area contributed by atoms with Crippen LogP contribution in [0.3, 0.4) is 0 Å². The Balaban J connectivity index is 2.52. The lowest BCUT2D eigenvalue weighted by Crippen LogP contribution is -2.13. The molecule has 6 nitrogen and oxygen atoms in total. The van der Waals surface area contributed by atoms with E-state index < -0.39 is 12.1 Å². The highest BCUT2D eigenvalue weighted by atomic mass is 32.1. The number of ether oxygens (including phenoxy) is 1. The molecule has 1 heterocycles. The van der Waals surface area contributed by atoms with Gasteiger partial charge in [-0.2, -0.15) is 0 Å². The summed E-state index contributed by atoms with van der Waals surface area (Å²) in [6, 6.07) is 0. The van der Waals surface area contributed by atoms with E-state index in [9.17, 15) is 9.59 Å². The second-order valence-corrected chi connectivity index (χ2v) is 3.42. The zero-order valence-corrected chi connectivity index (χ0v) is 8.84. The highest BCUT2D eigenvalue weighted by Gasteiger charge is 2.08. The van der Waals surface area contributed by atoms with E-state index in [0.717, 1.165) is 11.3 Å². The van der Waals surface area contributed by atoms with Crippen molar-refractivity contribution in [3.05, 3.63) is 11.1 Å². The first-order valence-electron chi connectivity index (χ1n) is 4.21. The van der Waals surface area contributed by atoms with Gasteiger partial charge in [-0.25, -0.2) is 9.78 Å². The Hall–Kier alpha value is -1.63. The van der Waals surface area contributed by atoms with E-state index in [1.807, 2.05) is 0 Å². The Morgan fingerprint density at radius 1 is 1.67 bits per heavy atom. The minimum Gasteiger partial charge on any atom is -0.481 e. The van der Waals surface area contributed by atoms with Crippen LogP contribution in [0.25, 0.3) is 0 Å². The van der Waals surface area contributed by atoms with Crippen LogP contribution in [0.1, 0.15) is 12.6 Å². The van der Waals surface area contributed by atoms with E-state index in [-0.39, 0.29) is 13.0 Å². The second kappa shape index (κ2) is 5.30. The average molecular weight is 230 g/mol. The SMILES string of the molecule is CCOC(=O)Nc1nc(CC(=O)O)cs1. The lowest BCUT2D eigenvalue weighted by Gasteiger charge is -2.00. The van der Waals surface area contributed by atoms with Crippen molar-refractivity contribution < 1.29 is 19.4 Å². The molecule has 0 bridgehead atoms. The fraction of sp³-hybridized carbons (Fsp3) is 0.375. The Labute approximate surface area is 89.9 Å². The summed E-state index contributed by atoms with van der Waals surface area (Å²) in [4.78, 5) is 25.2. The molecule has 15 heavy (non-hydrogen) atoms. The Morgan fingerprint density at radius 3 is 3.00 bits per heavy atom. The van der Waals surface area contributed by atoms with Gasteiger partial charge in [-0.1, -0.05) is 0 Å². The summed E-state index contributed by atoms with van der Waals surface area (Å²) >= 11 is 1.16. The van der Waals surface area contributed by atoms with E-state index in [1.54, 1.807) is 12.3 Å². The molecule has 82 valence electrons. The van der Waals surface area contributed by atoms with Crippen LogP contribution in [0.15, 0.2) is 5.38 Å². The van der Waals surface area contributed by atoms with Crippen LogP contribution in [-0.4, -0.2) is 28.8 Å². The number of carboxylic acids is 1. The van der Waals surface area contributed by atoms with E-state index >= 15 is 0 Å². The molecule has 0 aliphatic rings. The summed E-state index contributed by atoms with van der Waals surface area (Å²) in [7, 11) is 0. The largest absolute Gasteiger partial charge is 0.481 e. The molecule has 1 rings (SSSR count). The highest BCUT2D eigenvalue weighted by molar-refractivity contribution is 7.13. The van der Waals surface area contributed by atoms with E-state index in [1.165, 1.54) is 0 Å². The number of aliphatic carboxylic acids is 1. The fourth-order valence-electron chi connectivity index (χ4n) is 0.855. The second-order valence-electron chi connectivity index (χ2n) is 2.56. The number of nitrogens with one attached hydrogen (secondary N) is 1. The van der Waals surface area contributed by atoms with Crippen molar-refractivity contribution in [3.8, 4) is 0 Å². The van der Waals surface area contributed by atoms with Crippen LogP contribution in [-0.2, 0) is 16.0 Å². The van der Waals surface area contributed by atoms with E-state index in [4.69, 9.17) is 5.11 Å². The minimum absolute atomic E-state index is 0.152. The van der Waals surface area contributed by atoms with Gasteiger partial charge in [0.25, 0.3) is 0 Å². The predicted molar refractivity (Wildman–Crippen MR) is 54.1 cm³/mol. The number of hydrogen-bond donors (Lipinski definition) is 2. The molecule has 0 unspecified atom stereocenters. The molecule has 0 spiro atoms. The van der Waals surface area contributed by atoms with Crippen molar-refractivity contribution in [2.24, 2.45) is 0 Å². The van der Waals surface area contributed by atoms with Crippen molar-refractivity contribution >= 4 is 28.5 Å². The van der Waals surface area contributed by atoms with Crippen LogP contribution in [0.5, 0.6) is 0 Å². The monoisotopic (exact) mass is 230 g/mol. The molecule has 7 heteroatoms. The third-order valence-electron chi connectivity index (χ3n) is 1.37. The third-order valence-corrected chi connectivity index (χ3v) is 2.18. The normalized spacial score (nSPS) is 9.67. The summed E-state index contributed by atoms with van der Waals surface area (Å²) in [6.45, 7) is 1.97. The number of aromatic nitrogens is 1. The molecule has 0 saturated carbocycles. The van der Waals surface area contributed by atoms with Gasteiger partial charge in [0.15, 0.2) is 5.13 Å². The first-order valence-corrected chi connectivity index (χ1v) is 5.09. The molecule has 0 atom stereocenters. The van der Waals surface area contributed by atoms with Crippen LogP contribution < -0.4 is 5.32 Å². The van der Waals surface area contributed by atoms with Crippen LogP contribution in [0, 0.1) is 0 Å². The number of rotatable bonds is 4. The molecule has 2 N–H and O–H groups in total. The molecule has 0 aliphatic carbocycles. The molecular weight excluding hydrogens is 220 g/mol. The van der Waals surface area contributed by atoms with E-state index in [2.05, 4.69) is 15.0 Å². The van der Waals surface area contributed by atoms with Gasteiger partial charge in [-0.05, 0) is 6.92 Å². The first kappa shape index (κ1) is 11.4. The standard InChI is InChI=1S/C8H10N2O4S/c1-2-14-8(13)10-7-9-5(4-15-7)3-6(11)12/h4H,2-3H2,1H3,(H,11,12)(H,9,10,13). The number of carbonyl (C=O) groups excluding carboxylic acids is 1. The summed E-state index contributed by atoms with van der Waals surface area (Å²) in [6.07, 6.45) is -0.741. The molecule has 1 aromatic heterocycles. The number of nitrogens with zero attached hydrogens (tertiary/aromatic N) is 1. The smallest absolute Gasteiger partial charge is 0.413 e. The molecule has 0 radical (unpaired) electrons. The van der Waals surface area contributed by atoms with Gasteiger partial charge < -0.3 is 9.84 Å². The van der Waals surface area contributed by atoms with Crippen molar-refractivity contribution in [3.63, 3.8) is 0 Å². The zero-order chi connectivity index (χ0) is 11.3. The Morgan fingerprint density at radius 2 is 2.40 bits per heavy atom. The van der Waals surface area contributed by atoms with E-state index in [0.29, 0.717) is 10.8 Å². The summed E-state index contributed by atoms with van der Waals surface area (Å²) < 4.78 is 4.64. The summed E-state index contributed by atoms with van der Waals surface area (Å²) in [5, 5.41) is 12.8. The number of amides is 1. The quantitative estimate of drug-likeness (QED) is 0.814. The average Bonchev–Trinajstić information content (AvgIpc) is 2.51. The maximum absolute atomic E-state index is 11.0. The van der Waals surface area contributed by atoms with Crippen molar-refractivity contribution in [1.82, 2.24) is 4.98 Å². The van der Waals surface area contributed by atoms with Crippen molar-refractivity contribution in [1.29, 1.82) is 0 Å². The summed E-state index contributed by atoms with van der Waals surface area (Å²) in [5.41, 5.74) is 0.416. The van der Waals surface area contributed by atoms with Crippen molar-refractivity contribution in [2.45, 2.75) is 13.3 Å². The molecule has 0 fully saturated rings. The predicted octanol–water partition coefficient (Wildman–Crippen LogP) is 1.34. The lowest BCUT2D eigenvalue weighted by atomic mass is 10.3. The first-order chi connectivity index (χ1) is 7.11. The third kappa shape index (κ3) is 3.94. The number of carboxylic acid groups (broad SMARTS) is 1. The maximum atomic E-state index is 11.0. The van der Waals surface area contributed by atoms with Gasteiger partial charge >= 0.3 is 12.1 Å². The van der Waals surface area contributed by atoms with Crippen molar-refractivity contribution in [2.75, 3.05) is 11.9 Å². The van der Waals surface area contributed by atoms with Gasteiger partial charge in [0.1, 0.15) is 0 Å². The zero-order valence-electron chi connectivity index (χ0n) is 8.02. The minimum atomic E-state index is -0.956. The highest BCUT2D eigenvalue weighted by Crippen LogP contribution is 2.15. The van der Waals surface area contributed by atoms with Gasteiger partial charge in [0, 0.05) is 5.38 Å². The van der Waals surface area contributed by atoms with Gasteiger partial charge in [0.2, 0.25) is 0 Å². The van der Waals surface area contributed by atoms with Gasteiger partial charge in [0.05, 0.1) is 18.7 Å². The van der Waals surface area contributed by atoms with Crippen LogP contribution in [0.4, 0.5) is 9.93 Å². The molecular formula is C8H10N2O4S. The molecule has 0 saturated heterocycles. The lowest BCUT2D eigenvalue weighted by molar-refractivity contribution is -0.136. The van der Waals surface area contributed by atoms with Crippen LogP contribution in [0.2, 0.25) is 0 Å².